The van der Waals surface area contributed by atoms with E-state index in [-0.39, 0.29) is 5.75 Å². The van der Waals surface area contributed by atoms with Crippen molar-refractivity contribution in [2.45, 2.75) is 31.1 Å². The average Bonchev–Trinajstić information content (AvgIpc) is 2.40. The molecule has 1 aromatic rings. The summed E-state index contributed by atoms with van der Waals surface area (Å²) in [5, 5.41) is 0. The molecule has 1 aliphatic heterocycles. The smallest absolute Gasteiger partial charge is 0.180 e. The lowest BCUT2D eigenvalue weighted by atomic mass is 10.1. The van der Waals surface area contributed by atoms with Gasteiger partial charge < -0.3 is 4.90 Å². The molecule has 17 heavy (non-hydrogen) atoms. The molecule has 0 spiro atoms. The van der Waals surface area contributed by atoms with E-state index in [1.807, 2.05) is 12.1 Å². The van der Waals surface area contributed by atoms with E-state index in [9.17, 15) is 8.42 Å². The molecule has 1 heterocycles. The molecular formula is C13H19NO2S. The van der Waals surface area contributed by atoms with Gasteiger partial charge >= 0.3 is 0 Å². The maximum absolute atomic E-state index is 12.0. The van der Waals surface area contributed by atoms with Crippen LogP contribution in [0.5, 0.6) is 0 Å². The minimum Gasteiger partial charge on any atom is -0.370 e. The van der Waals surface area contributed by atoms with Gasteiger partial charge in [0.2, 0.25) is 0 Å². The molecule has 1 aliphatic rings. The zero-order valence-electron chi connectivity index (χ0n) is 10.2. The van der Waals surface area contributed by atoms with Crippen LogP contribution in [0, 0.1) is 0 Å². The molecule has 0 aromatic heterocycles. The number of benzene rings is 1. The minimum atomic E-state index is -3.12. The summed E-state index contributed by atoms with van der Waals surface area (Å²) in [4.78, 5) is 2.69. The Morgan fingerprint density at radius 1 is 1.12 bits per heavy atom. The van der Waals surface area contributed by atoms with Gasteiger partial charge in [0.05, 0.1) is 16.3 Å². The third-order valence-corrected chi connectivity index (χ3v) is 5.05. The summed E-state index contributed by atoms with van der Waals surface area (Å²) < 4.78 is 24.1. The largest absolute Gasteiger partial charge is 0.370 e. The normalized spacial score (nSPS) is 17.1. The number of hydrogen-bond donors (Lipinski definition) is 0. The number of para-hydroxylation sites is 1. The summed E-state index contributed by atoms with van der Waals surface area (Å²) in [6.07, 6.45) is 3.56. The molecular weight excluding hydrogens is 234 g/mol. The molecule has 2 rings (SSSR count). The molecule has 0 bridgehead atoms. The third-order valence-electron chi connectivity index (χ3n) is 3.28. The first-order chi connectivity index (χ1) is 8.15. The first-order valence-electron chi connectivity index (χ1n) is 6.22. The predicted molar refractivity (Wildman–Crippen MR) is 70.2 cm³/mol. The second-order valence-corrected chi connectivity index (χ2v) is 6.67. The van der Waals surface area contributed by atoms with Crippen molar-refractivity contribution in [2.75, 3.05) is 23.7 Å². The van der Waals surface area contributed by atoms with Gasteiger partial charge in [-0.3, -0.25) is 0 Å². The maximum atomic E-state index is 12.0. The Bertz CT molecular complexity index is 476. The van der Waals surface area contributed by atoms with Gasteiger partial charge in [0.25, 0.3) is 0 Å². The fourth-order valence-corrected chi connectivity index (χ4v) is 3.38. The molecule has 0 N–H and O–H groups in total. The van der Waals surface area contributed by atoms with Crippen molar-refractivity contribution >= 4 is 15.5 Å². The zero-order valence-corrected chi connectivity index (χ0v) is 11.0. The Labute approximate surface area is 103 Å². The van der Waals surface area contributed by atoms with Crippen LogP contribution >= 0.6 is 0 Å². The van der Waals surface area contributed by atoms with Crippen LogP contribution in [-0.4, -0.2) is 27.3 Å². The van der Waals surface area contributed by atoms with Crippen LogP contribution < -0.4 is 4.90 Å². The molecule has 0 aliphatic carbocycles. The van der Waals surface area contributed by atoms with E-state index in [4.69, 9.17) is 0 Å². The Balaban J connectivity index is 2.40. The van der Waals surface area contributed by atoms with Crippen molar-refractivity contribution in [3.63, 3.8) is 0 Å². The number of nitrogens with zero attached hydrogens (tertiary/aromatic N) is 1. The fraction of sp³-hybridized carbons (Fsp3) is 0.538. The maximum Gasteiger partial charge on any atom is 0.180 e. The van der Waals surface area contributed by atoms with Crippen molar-refractivity contribution in [2.24, 2.45) is 0 Å². The molecule has 1 fully saturated rings. The number of hydrogen-bond acceptors (Lipinski definition) is 3. The lowest BCUT2D eigenvalue weighted by Gasteiger charge is -2.30. The first-order valence-corrected chi connectivity index (χ1v) is 7.87. The van der Waals surface area contributed by atoms with E-state index in [2.05, 4.69) is 4.90 Å². The van der Waals surface area contributed by atoms with Crippen LogP contribution in [0.1, 0.15) is 26.2 Å². The van der Waals surface area contributed by atoms with Gasteiger partial charge in [-0.15, -0.1) is 0 Å². The van der Waals surface area contributed by atoms with Crippen molar-refractivity contribution in [3.05, 3.63) is 24.3 Å². The lowest BCUT2D eigenvalue weighted by Crippen LogP contribution is -2.30. The van der Waals surface area contributed by atoms with Gasteiger partial charge in [-0.25, -0.2) is 8.42 Å². The van der Waals surface area contributed by atoms with Gasteiger partial charge in [0.15, 0.2) is 9.84 Å². The van der Waals surface area contributed by atoms with Crippen molar-refractivity contribution in [3.8, 4) is 0 Å². The van der Waals surface area contributed by atoms with E-state index < -0.39 is 9.84 Å². The molecule has 1 saturated heterocycles. The van der Waals surface area contributed by atoms with E-state index in [1.54, 1.807) is 19.1 Å². The zero-order chi connectivity index (χ0) is 12.3. The van der Waals surface area contributed by atoms with E-state index >= 15 is 0 Å². The molecule has 0 radical (unpaired) electrons. The molecule has 1 aromatic carbocycles. The summed E-state index contributed by atoms with van der Waals surface area (Å²) in [7, 11) is -3.12. The van der Waals surface area contributed by atoms with Gasteiger partial charge in [0, 0.05) is 13.1 Å². The topological polar surface area (TPSA) is 37.4 Å². The summed E-state index contributed by atoms with van der Waals surface area (Å²) in [6.45, 7) is 3.63. The monoisotopic (exact) mass is 253 g/mol. The Morgan fingerprint density at radius 2 is 1.76 bits per heavy atom. The van der Waals surface area contributed by atoms with Gasteiger partial charge in [-0.2, -0.15) is 0 Å². The number of sulfone groups is 1. The average molecular weight is 253 g/mol. The van der Waals surface area contributed by atoms with E-state index in [0.29, 0.717) is 4.90 Å². The summed E-state index contributed by atoms with van der Waals surface area (Å²) in [5.74, 6) is 0.165. The molecule has 0 unspecified atom stereocenters. The number of anilines is 1. The second kappa shape index (κ2) is 5.08. The number of piperidine rings is 1. The minimum absolute atomic E-state index is 0.165. The Morgan fingerprint density at radius 3 is 2.41 bits per heavy atom. The van der Waals surface area contributed by atoms with Crippen LogP contribution in [0.4, 0.5) is 5.69 Å². The van der Waals surface area contributed by atoms with Crippen LogP contribution in [0.2, 0.25) is 0 Å². The van der Waals surface area contributed by atoms with Crippen molar-refractivity contribution in [1.29, 1.82) is 0 Å². The SMILES string of the molecule is CCS(=O)(=O)c1ccccc1N1CCCCC1. The molecule has 3 nitrogen and oxygen atoms in total. The lowest BCUT2D eigenvalue weighted by molar-refractivity contribution is 0.571. The van der Waals surface area contributed by atoms with Crippen LogP contribution in [-0.2, 0) is 9.84 Å². The highest BCUT2D eigenvalue weighted by molar-refractivity contribution is 7.91. The third kappa shape index (κ3) is 2.63. The Kier molecular flexibility index (Phi) is 3.72. The van der Waals surface area contributed by atoms with Gasteiger partial charge in [0.1, 0.15) is 0 Å². The predicted octanol–water partition coefficient (Wildman–Crippen LogP) is 2.47. The van der Waals surface area contributed by atoms with E-state index in [1.165, 1.54) is 6.42 Å². The molecule has 0 atom stereocenters. The Hall–Kier alpha value is -1.03. The standard InChI is InChI=1S/C13H19NO2S/c1-2-17(15,16)13-9-5-4-8-12(13)14-10-6-3-7-11-14/h4-5,8-9H,2-3,6-7,10-11H2,1H3. The highest BCUT2D eigenvalue weighted by Gasteiger charge is 2.20. The number of rotatable bonds is 3. The summed E-state index contributed by atoms with van der Waals surface area (Å²) in [6, 6.07) is 7.37. The molecule has 4 heteroatoms. The quantitative estimate of drug-likeness (QED) is 0.830. The summed E-state index contributed by atoms with van der Waals surface area (Å²) >= 11 is 0. The van der Waals surface area contributed by atoms with Gasteiger partial charge in [-0.05, 0) is 31.4 Å². The molecule has 0 saturated carbocycles. The van der Waals surface area contributed by atoms with Gasteiger partial charge in [-0.1, -0.05) is 19.1 Å². The van der Waals surface area contributed by atoms with Crippen molar-refractivity contribution < 1.29 is 8.42 Å². The van der Waals surface area contributed by atoms with Crippen LogP contribution in [0.3, 0.4) is 0 Å². The summed E-state index contributed by atoms with van der Waals surface area (Å²) in [5.41, 5.74) is 0.883. The fourth-order valence-electron chi connectivity index (χ4n) is 2.27. The van der Waals surface area contributed by atoms with Crippen LogP contribution in [0.25, 0.3) is 0 Å². The van der Waals surface area contributed by atoms with Crippen LogP contribution in [0.15, 0.2) is 29.2 Å². The second-order valence-electron chi connectivity index (χ2n) is 4.42. The molecule has 94 valence electrons. The molecule has 0 amide bonds. The van der Waals surface area contributed by atoms with E-state index in [0.717, 1.165) is 31.6 Å². The van der Waals surface area contributed by atoms with Crippen molar-refractivity contribution in [1.82, 2.24) is 0 Å². The first kappa shape index (κ1) is 12.4. The highest BCUT2D eigenvalue weighted by atomic mass is 32.2. The highest BCUT2D eigenvalue weighted by Crippen LogP contribution is 2.28.